The molecule has 0 saturated heterocycles. The molecule has 1 N–H and O–H groups in total. The number of benzene rings is 1. The van der Waals surface area contributed by atoms with Crippen LogP contribution in [0, 0.1) is 0 Å². The second kappa shape index (κ2) is 7.44. The lowest BCUT2D eigenvalue weighted by atomic mass is 9.98. The topological polar surface area (TPSA) is 38.0 Å². The molecule has 0 amide bonds. The first-order chi connectivity index (χ1) is 11.3. The van der Waals surface area contributed by atoms with E-state index in [0.717, 1.165) is 36.1 Å². The summed E-state index contributed by atoms with van der Waals surface area (Å²) in [6.45, 7) is 1.03. The van der Waals surface area contributed by atoms with Crippen LogP contribution in [-0.4, -0.2) is 21.3 Å². The highest BCUT2D eigenvalue weighted by molar-refractivity contribution is 6.30. The summed E-state index contributed by atoms with van der Waals surface area (Å²) in [6.07, 6.45) is 7.39. The van der Waals surface area contributed by atoms with Gasteiger partial charge in [0.15, 0.2) is 0 Å². The Morgan fingerprint density at radius 2 is 1.91 bits per heavy atom. The van der Waals surface area contributed by atoms with Gasteiger partial charge in [0, 0.05) is 43.7 Å². The molecular formula is C19H19ClN2O. The maximum atomic E-state index is 8.93. The van der Waals surface area contributed by atoms with E-state index in [0.29, 0.717) is 5.15 Å². The van der Waals surface area contributed by atoms with Crippen LogP contribution in [0.2, 0.25) is 5.15 Å². The van der Waals surface area contributed by atoms with Gasteiger partial charge in [0.1, 0.15) is 5.15 Å². The molecule has 23 heavy (non-hydrogen) atoms. The van der Waals surface area contributed by atoms with Crippen molar-refractivity contribution < 1.29 is 5.11 Å². The van der Waals surface area contributed by atoms with Crippen LogP contribution in [0.3, 0.4) is 0 Å². The minimum Gasteiger partial charge on any atom is -0.396 e. The standard InChI is InChI=1S/C19H19ClN2O/c20-19-18(13-15-8-11-22(14-15)10-4-12-23)17(7-9-21-19)16-5-2-1-3-6-16/h1-3,5-9,11,14,23H,4,10,12-13H2. The fourth-order valence-corrected chi connectivity index (χ4v) is 2.94. The van der Waals surface area contributed by atoms with Crippen molar-refractivity contribution in [3.05, 3.63) is 77.3 Å². The zero-order valence-corrected chi connectivity index (χ0v) is 13.6. The summed E-state index contributed by atoms with van der Waals surface area (Å²) in [6, 6.07) is 14.3. The number of hydrogen-bond donors (Lipinski definition) is 1. The van der Waals surface area contributed by atoms with E-state index < -0.39 is 0 Å². The van der Waals surface area contributed by atoms with Gasteiger partial charge in [-0.25, -0.2) is 4.98 Å². The summed E-state index contributed by atoms with van der Waals surface area (Å²) in [5.74, 6) is 0. The molecule has 1 aromatic carbocycles. The smallest absolute Gasteiger partial charge is 0.133 e. The molecule has 3 nitrogen and oxygen atoms in total. The average molecular weight is 327 g/mol. The SMILES string of the molecule is OCCCn1ccc(Cc2c(-c3ccccc3)ccnc2Cl)c1. The van der Waals surface area contributed by atoms with Gasteiger partial charge >= 0.3 is 0 Å². The molecule has 0 aliphatic heterocycles. The summed E-state index contributed by atoms with van der Waals surface area (Å²) in [4.78, 5) is 4.24. The van der Waals surface area contributed by atoms with Crippen molar-refractivity contribution >= 4 is 11.6 Å². The van der Waals surface area contributed by atoms with E-state index in [2.05, 4.69) is 33.9 Å². The highest BCUT2D eigenvalue weighted by atomic mass is 35.5. The number of aryl methyl sites for hydroxylation is 1. The van der Waals surface area contributed by atoms with E-state index >= 15 is 0 Å². The number of pyridine rings is 1. The molecule has 0 atom stereocenters. The van der Waals surface area contributed by atoms with E-state index in [-0.39, 0.29) is 6.61 Å². The number of aliphatic hydroxyl groups excluding tert-OH is 1. The predicted octanol–water partition coefficient (Wildman–Crippen LogP) is 4.18. The van der Waals surface area contributed by atoms with Gasteiger partial charge in [-0.15, -0.1) is 0 Å². The zero-order chi connectivity index (χ0) is 16.1. The Balaban J connectivity index is 1.89. The molecule has 0 fully saturated rings. The molecule has 0 unspecified atom stereocenters. The molecule has 3 rings (SSSR count). The first-order valence-electron chi connectivity index (χ1n) is 7.72. The highest BCUT2D eigenvalue weighted by Crippen LogP contribution is 2.29. The predicted molar refractivity (Wildman–Crippen MR) is 93.6 cm³/mol. The Morgan fingerprint density at radius 3 is 2.70 bits per heavy atom. The van der Waals surface area contributed by atoms with Gasteiger partial charge in [0.25, 0.3) is 0 Å². The minimum atomic E-state index is 0.208. The summed E-state index contributed by atoms with van der Waals surface area (Å²) >= 11 is 6.37. The lowest BCUT2D eigenvalue weighted by Crippen LogP contribution is -1.98. The molecule has 0 aliphatic rings. The van der Waals surface area contributed by atoms with Crippen LogP contribution in [0.5, 0.6) is 0 Å². The largest absolute Gasteiger partial charge is 0.396 e. The van der Waals surface area contributed by atoms with Crippen LogP contribution < -0.4 is 0 Å². The molecule has 0 aliphatic carbocycles. The van der Waals surface area contributed by atoms with Gasteiger partial charge in [0.05, 0.1) is 0 Å². The van der Waals surface area contributed by atoms with E-state index in [1.807, 2.05) is 30.5 Å². The fourth-order valence-electron chi connectivity index (χ4n) is 2.71. The third kappa shape index (κ3) is 3.81. The molecule has 0 radical (unpaired) electrons. The monoisotopic (exact) mass is 326 g/mol. The van der Waals surface area contributed by atoms with Crippen molar-refractivity contribution in [2.24, 2.45) is 0 Å². The number of rotatable bonds is 6. The van der Waals surface area contributed by atoms with Crippen LogP contribution in [0.1, 0.15) is 17.5 Å². The van der Waals surface area contributed by atoms with Gasteiger partial charge in [-0.2, -0.15) is 0 Å². The Bertz CT molecular complexity index is 768. The second-order valence-electron chi connectivity index (χ2n) is 5.51. The molecular weight excluding hydrogens is 308 g/mol. The van der Waals surface area contributed by atoms with Crippen LogP contribution in [-0.2, 0) is 13.0 Å². The maximum absolute atomic E-state index is 8.93. The number of hydrogen-bond acceptors (Lipinski definition) is 2. The molecule has 2 heterocycles. The number of aliphatic hydroxyl groups is 1. The van der Waals surface area contributed by atoms with Crippen molar-refractivity contribution in [2.75, 3.05) is 6.61 Å². The van der Waals surface area contributed by atoms with Crippen LogP contribution in [0.15, 0.2) is 61.1 Å². The van der Waals surface area contributed by atoms with Crippen molar-refractivity contribution in [2.45, 2.75) is 19.4 Å². The molecule has 4 heteroatoms. The maximum Gasteiger partial charge on any atom is 0.133 e. The summed E-state index contributed by atoms with van der Waals surface area (Å²) in [5, 5.41) is 9.48. The van der Waals surface area contributed by atoms with Crippen LogP contribution in [0.4, 0.5) is 0 Å². The number of nitrogens with zero attached hydrogens (tertiary/aromatic N) is 2. The van der Waals surface area contributed by atoms with Gasteiger partial charge in [-0.1, -0.05) is 41.9 Å². The Kier molecular flexibility index (Phi) is 5.11. The van der Waals surface area contributed by atoms with E-state index in [1.165, 1.54) is 5.56 Å². The normalized spacial score (nSPS) is 10.9. The van der Waals surface area contributed by atoms with Crippen LogP contribution in [0.25, 0.3) is 11.1 Å². The zero-order valence-electron chi connectivity index (χ0n) is 12.8. The van der Waals surface area contributed by atoms with Crippen molar-refractivity contribution in [3.8, 4) is 11.1 Å². The Labute approximate surface area is 141 Å². The second-order valence-corrected chi connectivity index (χ2v) is 5.86. The lowest BCUT2D eigenvalue weighted by molar-refractivity contribution is 0.280. The number of aromatic nitrogens is 2. The molecule has 0 bridgehead atoms. The van der Waals surface area contributed by atoms with E-state index in [1.54, 1.807) is 6.20 Å². The molecule has 0 spiro atoms. The highest BCUT2D eigenvalue weighted by Gasteiger charge is 2.11. The quantitative estimate of drug-likeness (QED) is 0.690. The lowest BCUT2D eigenvalue weighted by Gasteiger charge is -2.10. The first-order valence-corrected chi connectivity index (χ1v) is 8.10. The van der Waals surface area contributed by atoms with Gasteiger partial charge in [-0.05, 0) is 35.2 Å². The van der Waals surface area contributed by atoms with Crippen molar-refractivity contribution in [1.82, 2.24) is 9.55 Å². The van der Waals surface area contributed by atoms with Gasteiger partial charge < -0.3 is 9.67 Å². The summed E-state index contributed by atoms with van der Waals surface area (Å²) in [5.41, 5.74) is 4.50. The number of halogens is 1. The first kappa shape index (κ1) is 15.8. The minimum absolute atomic E-state index is 0.208. The van der Waals surface area contributed by atoms with Crippen LogP contribution >= 0.6 is 11.6 Å². The summed E-state index contributed by atoms with van der Waals surface area (Å²) < 4.78 is 2.10. The van der Waals surface area contributed by atoms with E-state index in [4.69, 9.17) is 16.7 Å². The Morgan fingerprint density at radius 1 is 1.09 bits per heavy atom. The molecule has 118 valence electrons. The van der Waals surface area contributed by atoms with Crippen molar-refractivity contribution in [3.63, 3.8) is 0 Å². The fraction of sp³-hybridized carbons (Fsp3) is 0.211. The third-order valence-electron chi connectivity index (χ3n) is 3.86. The van der Waals surface area contributed by atoms with Gasteiger partial charge in [0.2, 0.25) is 0 Å². The molecule has 3 aromatic rings. The van der Waals surface area contributed by atoms with Gasteiger partial charge in [-0.3, -0.25) is 0 Å². The molecule has 0 saturated carbocycles. The van der Waals surface area contributed by atoms with Crippen molar-refractivity contribution in [1.29, 1.82) is 0 Å². The third-order valence-corrected chi connectivity index (χ3v) is 4.18. The molecule has 2 aromatic heterocycles. The Hall–Kier alpha value is -2.10. The summed E-state index contributed by atoms with van der Waals surface area (Å²) in [7, 11) is 0. The average Bonchev–Trinajstić information content (AvgIpc) is 3.03. The van der Waals surface area contributed by atoms with E-state index in [9.17, 15) is 0 Å².